The van der Waals surface area contributed by atoms with Crippen LogP contribution in [0.25, 0.3) is 0 Å². The maximum atomic E-state index is 12.6. The number of benzene rings is 1. The van der Waals surface area contributed by atoms with Crippen molar-refractivity contribution in [3.63, 3.8) is 0 Å². The van der Waals surface area contributed by atoms with Gasteiger partial charge in [0.15, 0.2) is 0 Å². The standard InChI is InChI=1S/C25H41N5O4/c1-7-12-34-13-11-22(31)30-24(17(3)4)25(33)27-16-23(32)29-20-10-9-19(8-2)21(14-20)28-18(5)15-26-6/h9-10,14,17,24,26,28H,5,7-8,11-13,15-16H2,1-4,6H3,(H,27,33)(H,29,32)(H,30,31). The van der Waals surface area contributed by atoms with Crippen LogP contribution in [0, 0.1) is 5.92 Å². The molecule has 0 aliphatic heterocycles. The van der Waals surface area contributed by atoms with Gasteiger partial charge in [0.1, 0.15) is 6.04 Å². The van der Waals surface area contributed by atoms with Crippen molar-refractivity contribution in [3.8, 4) is 0 Å². The molecule has 0 saturated heterocycles. The highest BCUT2D eigenvalue weighted by Crippen LogP contribution is 2.22. The SMILES string of the molecule is C=C(CNC)Nc1cc(NC(=O)CNC(=O)C(NC(=O)CCOCCC)C(C)C)ccc1CC. The van der Waals surface area contributed by atoms with E-state index >= 15 is 0 Å². The fraction of sp³-hybridized carbons (Fsp3) is 0.560. The summed E-state index contributed by atoms with van der Waals surface area (Å²) in [5.41, 5.74) is 3.39. The monoisotopic (exact) mass is 475 g/mol. The third kappa shape index (κ3) is 10.8. The third-order valence-corrected chi connectivity index (χ3v) is 4.99. The predicted octanol–water partition coefficient (Wildman–Crippen LogP) is 2.41. The Hall–Kier alpha value is -2.91. The summed E-state index contributed by atoms with van der Waals surface area (Å²) in [6, 6.07) is 4.88. The molecule has 0 bridgehead atoms. The van der Waals surface area contributed by atoms with Crippen LogP contribution in [-0.2, 0) is 25.5 Å². The zero-order valence-electron chi connectivity index (χ0n) is 21.2. The number of carbonyl (C=O) groups excluding carboxylic acids is 3. The summed E-state index contributed by atoms with van der Waals surface area (Å²) in [5, 5.41) is 14.5. The van der Waals surface area contributed by atoms with Crippen molar-refractivity contribution in [1.82, 2.24) is 16.0 Å². The van der Waals surface area contributed by atoms with Crippen molar-refractivity contribution >= 4 is 29.1 Å². The molecule has 34 heavy (non-hydrogen) atoms. The summed E-state index contributed by atoms with van der Waals surface area (Å²) in [7, 11) is 1.84. The Labute approximate surface area is 203 Å². The highest BCUT2D eigenvalue weighted by atomic mass is 16.5. The van der Waals surface area contributed by atoms with Gasteiger partial charge in [-0.2, -0.15) is 0 Å². The Balaban J connectivity index is 2.64. The molecule has 0 aliphatic carbocycles. The van der Waals surface area contributed by atoms with Crippen molar-refractivity contribution < 1.29 is 19.1 Å². The van der Waals surface area contributed by atoms with Gasteiger partial charge in [-0.15, -0.1) is 0 Å². The molecule has 9 nitrogen and oxygen atoms in total. The lowest BCUT2D eigenvalue weighted by molar-refractivity contribution is -0.131. The molecule has 0 spiro atoms. The molecule has 0 radical (unpaired) electrons. The van der Waals surface area contributed by atoms with Gasteiger partial charge in [-0.1, -0.05) is 40.3 Å². The number of nitrogens with one attached hydrogen (secondary N) is 5. The molecule has 0 aliphatic rings. The van der Waals surface area contributed by atoms with E-state index in [2.05, 4.69) is 40.1 Å². The van der Waals surface area contributed by atoms with Crippen LogP contribution >= 0.6 is 0 Å². The number of carbonyl (C=O) groups is 3. The Morgan fingerprint density at radius 3 is 2.38 bits per heavy atom. The first-order chi connectivity index (χ1) is 16.2. The van der Waals surface area contributed by atoms with Gasteiger partial charge in [0.05, 0.1) is 13.2 Å². The predicted molar refractivity (Wildman–Crippen MR) is 137 cm³/mol. The molecule has 0 heterocycles. The molecule has 3 amide bonds. The molecule has 0 aromatic heterocycles. The average Bonchev–Trinajstić information content (AvgIpc) is 2.79. The van der Waals surface area contributed by atoms with Crippen molar-refractivity contribution in [2.45, 2.75) is 53.0 Å². The van der Waals surface area contributed by atoms with Gasteiger partial charge in [-0.25, -0.2) is 0 Å². The maximum absolute atomic E-state index is 12.6. The number of amides is 3. The largest absolute Gasteiger partial charge is 0.381 e. The van der Waals surface area contributed by atoms with E-state index in [4.69, 9.17) is 4.74 Å². The van der Waals surface area contributed by atoms with E-state index in [0.717, 1.165) is 29.8 Å². The minimum Gasteiger partial charge on any atom is -0.381 e. The lowest BCUT2D eigenvalue weighted by atomic mass is 10.0. The minimum absolute atomic E-state index is 0.135. The lowest BCUT2D eigenvalue weighted by Crippen LogP contribution is -2.51. The first-order valence-corrected chi connectivity index (χ1v) is 11.9. The molecule has 1 aromatic carbocycles. The summed E-state index contributed by atoms with van der Waals surface area (Å²) in [6.45, 7) is 13.0. The van der Waals surface area contributed by atoms with Gasteiger partial charge in [-0.05, 0) is 43.5 Å². The zero-order chi connectivity index (χ0) is 25.5. The fourth-order valence-electron chi connectivity index (χ4n) is 3.20. The molecule has 0 saturated carbocycles. The molecule has 1 unspecified atom stereocenters. The topological polar surface area (TPSA) is 121 Å². The van der Waals surface area contributed by atoms with E-state index in [0.29, 0.717) is 25.4 Å². The Bertz CT molecular complexity index is 826. The van der Waals surface area contributed by atoms with Gasteiger partial charge < -0.3 is 31.3 Å². The zero-order valence-corrected chi connectivity index (χ0v) is 21.2. The summed E-state index contributed by atoms with van der Waals surface area (Å²) < 4.78 is 5.32. The molecular formula is C25H41N5O4. The molecule has 190 valence electrons. The quantitative estimate of drug-likeness (QED) is 0.234. The Kier molecular flexibility index (Phi) is 13.6. The smallest absolute Gasteiger partial charge is 0.243 e. The van der Waals surface area contributed by atoms with Crippen molar-refractivity contribution in [1.29, 1.82) is 0 Å². The molecular weight excluding hydrogens is 434 g/mol. The highest BCUT2D eigenvalue weighted by Gasteiger charge is 2.24. The highest BCUT2D eigenvalue weighted by molar-refractivity contribution is 5.96. The summed E-state index contributed by atoms with van der Waals surface area (Å²) in [5.74, 6) is -1.16. The van der Waals surface area contributed by atoms with Crippen molar-refractivity contribution in [2.24, 2.45) is 5.92 Å². The number of rotatable bonds is 16. The van der Waals surface area contributed by atoms with Gasteiger partial charge >= 0.3 is 0 Å². The van der Waals surface area contributed by atoms with Crippen LogP contribution in [0.4, 0.5) is 11.4 Å². The Morgan fingerprint density at radius 1 is 1.03 bits per heavy atom. The minimum atomic E-state index is -0.732. The van der Waals surface area contributed by atoms with Gasteiger partial charge in [0.25, 0.3) is 0 Å². The number of hydrogen-bond donors (Lipinski definition) is 5. The number of anilines is 2. The molecule has 1 aromatic rings. The normalized spacial score (nSPS) is 11.6. The summed E-state index contributed by atoms with van der Waals surface area (Å²) >= 11 is 0. The number of aryl methyl sites for hydroxylation is 1. The van der Waals surface area contributed by atoms with Crippen LogP contribution in [0.15, 0.2) is 30.5 Å². The summed E-state index contributed by atoms with van der Waals surface area (Å²) in [4.78, 5) is 37.2. The van der Waals surface area contributed by atoms with E-state index in [1.54, 1.807) is 0 Å². The third-order valence-electron chi connectivity index (χ3n) is 4.99. The van der Waals surface area contributed by atoms with E-state index in [1.165, 1.54) is 0 Å². The second-order valence-corrected chi connectivity index (χ2v) is 8.40. The van der Waals surface area contributed by atoms with Crippen LogP contribution in [0.2, 0.25) is 0 Å². The molecule has 1 atom stereocenters. The summed E-state index contributed by atoms with van der Waals surface area (Å²) in [6.07, 6.45) is 1.89. The molecule has 5 N–H and O–H groups in total. The molecule has 1 rings (SSSR count). The van der Waals surface area contributed by atoms with E-state index in [1.807, 2.05) is 46.0 Å². The first-order valence-electron chi connectivity index (χ1n) is 11.9. The average molecular weight is 476 g/mol. The number of ether oxygens (including phenoxy) is 1. The van der Waals surface area contributed by atoms with Crippen molar-refractivity contribution in [2.75, 3.05) is 44.0 Å². The number of likely N-dealkylation sites (N-methyl/N-ethyl adjacent to an activating group) is 1. The van der Waals surface area contributed by atoms with Crippen molar-refractivity contribution in [3.05, 3.63) is 36.0 Å². The fourth-order valence-corrected chi connectivity index (χ4v) is 3.20. The van der Waals surface area contributed by atoms with Gasteiger partial charge in [0.2, 0.25) is 17.7 Å². The first kappa shape index (κ1) is 29.1. The van der Waals surface area contributed by atoms with Crippen LogP contribution in [0.3, 0.4) is 0 Å². The second kappa shape index (κ2) is 15.8. The molecule has 9 heteroatoms. The van der Waals surface area contributed by atoms with Gasteiger partial charge in [0, 0.05) is 36.6 Å². The second-order valence-electron chi connectivity index (χ2n) is 8.40. The lowest BCUT2D eigenvalue weighted by Gasteiger charge is -2.21. The number of hydrogen-bond acceptors (Lipinski definition) is 6. The maximum Gasteiger partial charge on any atom is 0.243 e. The van der Waals surface area contributed by atoms with E-state index in [9.17, 15) is 14.4 Å². The van der Waals surface area contributed by atoms with Crippen LogP contribution in [0.5, 0.6) is 0 Å². The van der Waals surface area contributed by atoms with Crippen LogP contribution in [-0.4, -0.2) is 57.1 Å². The van der Waals surface area contributed by atoms with E-state index < -0.39 is 11.9 Å². The van der Waals surface area contributed by atoms with Crippen LogP contribution < -0.4 is 26.6 Å². The molecule has 0 fully saturated rings. The van der Waals surface area contributed by atoms with Gasteiger partial charge in [-0.3, -0.25) is 14.4 Å². The van der Waals surface area contributed by atoms with E-state index in [-0.39, 0.29) is 30.7 Å². The Morgan fingerprint density at radius 2 is 1.76 bits per heavy atom. The van der Waals surface area contributed by atoms with Crippen LogP contribution in [0.1, 0.15) is 46.1 Å².